The third kappa shape index (κ3) is 3.10. The molecule has 0 spiro atoms. The van der Waals surface area contributed by atoms with Gasteiger partial charge in [0.05, 0.1) is 12.3 Å². The minimum absolute atomic E-state index is 0.266. The zero-order chi connectivity index (χ0) is 17.6. The number of fused-ring (bicyclic) bond motifs is 1. The van der Waals surface area contributed by atoms with Gasteiger partial charge in [-0.05, 0) is 56.8 Å². The van der Waals surface area contributed by atoms with Gasteiger partial charge in [0.25, 0.3) is 0 Å². The Labute approximate surface area is 151 Å². The number of nitrogens with zero attached hydrogens (tertiary/aromatic N) is 4. The lowest BCUT2D eigenvalue weighted by Crippen LogP contribution is -2.42. The Hall–Kier alpha value is -1.76. The minimum atomic E-state index is -0.315. The third-order valence-electron chi connectivity index (χ3n) is 5.15. The lowest BCUT2D eigenvalue weighted by atomic mass is 9.90. The van der Waals surface area contributed by atoms with Gasteiger partial charge >= 0.3 is 0 Å². The molecular formula is C19H24N4OS. The summed E-state index contributed by atoms with van der Waals surface area (Å²) in [6, 6.07) is 4.19. The molecule has 1 aliphatic heterocycles. The van der Waals surface area contributed by atoms with Crippen LogP contribution in [0.5, 0.6) is 0 Å². The lowest BCUT2D eigenvalue weighted by Gasteiger charge is -2.35. The molecule has 1 aliphatic rings. The van der Waals surface area contributed by atoms with Crippen molar-refractivity contribution in [3.8, 4) is 0 Å². The van der Waals surface area contributed by atoms with Gasteiger partial charge in [0.1, 0.15) is 0 Å². The highest BCUT2D eigenvalue weighted by atomic mass is 32.1. The molecule has 2 atom stereocenters. The molecule has 3 aromatic rings. The number of rotatable bonds is 3. The second-order valence-corrected chi connectivity index (χ2v) is 8.06. The molecule has 5 nitrogen and oxygen atoms in total. The Morgan fingerprint density at radius 2 is 2.16 bits per heavy atom. The largest absolute Gasteiger partial charge is 0.391 e. The number of piperidine rings is 1. The standard InChI is InChI=1S/C19H24N4OS/c1-12-5-7-25-18(12)16-4-6-22(11-17(16)24)10-15-9-20-23-14(3)8-13(2)21-19(15)23/h5,7-9,16-17,24H,4,6,10-11H2,1-3H3/t16-,17-/m0/s1. The van der Waals surface area contributed by atoms with E-state index < -0.39 is 0 Å². The topological polar surface area (TPSA) is 53.7 Å². The number of hydrogen-bond donors (Lipinski definition) is 1. The van der Waals surface area contributed by atoms with E-state index in [1.807, 2.05) is 23.7 Å². The van der Waals surface area contributed by atoms with Crippen LogP contribution in [0.25, 0.3) is 5.65 Å². The van der Waals surface area contributed by atoms with Gasteiger partial charge in [-0.25, -0.2) is 9.50 Å². The molecule has 3 aromatic heterocycles. The summed E-state index contributed by atoms with van der Waals surface area (Å²) >= 11 is 1.77. The summed E-state index contributed by atoms with van der Waals surface area (Å²) in [6.07, 6.45) is 2.59. The van der Waals surface area contributed by atoms with Crippen LogP contribution in [0.1, 0.15) is 39.7 Å². The van der Waals surface area contributed by atoms with Crippen molar-refractivity contribution in [2.24, 2.45) is 0 Å². The van der Waals surface area contributed by atoms with E-state index in [0.717, 1.165) is 42.1 Å². The van der Waals surface area contributed by atoms with E-state index in [1.54, 1.807) is 11.3 Å². The van der Waals surface area contributed by atoms with Crippen LogP contribution in [0.15, 0.2) is 23.7 Å². The Bertz CT molecular complexity index is 900. The summed E-state index contributed by atoms with van der Waals surface area (Å²) in [7, 11) is 0. The zero-order valence-electron chi connectivity index (χ0n) is 14.9. The highest BCUT2D eigenvalue weighted by Gasteiger charge is 2.30. The van der Waals surface area contributed by atoms with Crippen molar-refractivity contribution in [3.05, 3.63) is 51.1 Å². The monoisotopic (exact) mass is 356 g/mol. The number of hydrogen-bond acceptors (Lipinski definition) is 5. The maximum Gasteiger partial charge on any atom is 0.159 e. The fourth-order valence-electron chi connectivity index (χ4n) is 3.88. The average Bonchev–Trinajstić information content (AvgIpc) is 3.15. The molecule has 1 N–H and O–H groups in total. The third-order valence-corrected chi connectivity index (χ3v) is 6.30. The molecule has 0 amide bonds. The minimum Gasteiger partial charge on any atom is -0.391 e. The molecule has 0 unspecified atom stereocenters. The van der Waals surface area contributed by atoms with E-state index in [1.165, 1.54) is 10.4 Å². The first-order chi connectivity index (χ1) is 12.0. The molecule has 0 radical (unpaired) electrons. The number of likely N-dealkylation sites (tertiary alicyclic amines) is 1. The van der Waals surface area contributed by atoms with E-state index in [4.69, 9.17) is 0 Å². The van der Waals surface area contributed by atoms with Gasteiger partial charge in [-0.2, -0.15) is 5.10 Å². The average molecular weight is 356 g/mol. The first kappa shape index (κ1) is 16.7. The Balaban J connectivity index is 1.51. The fourth-order valence-corrected chi connectivity index (χ4v) is 5.00. The van der Waals surface area contributed by atoms with Gasteiger partial charge in [-0.1, -0.05) is 0 Å². The lowest BCUT2D eigenvalue weighted by molar-refractivity contribution is 0.0487. The quantitative estimate of drug-likeness (QED) is 0.784. The van der Waals surface area contributed by atoms with E-state index in [9.17, 15) is 5.11 Å². The van der Waals surface area contributed by atoms with E-state index in [2.05, 4.69) is 40.3 Å². The Kier molecular flexibility index (Phi) is 4.35. The molecule has 0 bridgehead atoms. The second kappa shape index (κ2) is 6.52. The summed E-state index contributed by atoms with van der Waals surface area (Å²) in [4.78, 5) is 8.32. The first-order valence-corrected chi connectivity index (χ1v) is 9.66. The van der Waals surface area contributed by atoms with Crippen LogP contribution in [0.2, 0.25) is 0 Å². The maximum absolute atomic E-state index is 10.7. The molecule has 25 heavy (non-hydrogen) atoms. The summed E-state index contributed by atoms with van der Waals surface area (Å²) in [5.41, 5.74) is 5.48. The smallest absolute Gasteiger partial charge is 0.159 e. The number of aromatic nitrogens is 3. The van der Waals surface area contributed by atoms with Crippen LogP contribution in [-0.4, -0.2) is 43.8 Å². The maximum atomic E-state index is 10.7. The van der Waals surface area contributed by atoms with Crippen molar-refractivity contribution in [2.75, 3.05) is 13.1 Å². The molecule has 6 heteroatoms. The van der Waals surface area contributed by atoms with Crippen molar-refractivity contribution in [2.45, 2.75) is 45.8 Å². The normalized spacial score (nSPS) is 21.9. The number of aryl methyl sites for hydroxylation is 3. The number of aliphatic hydroxyl groups excluding tert-OH is 1. The van der Waals surface area contributed by atoms with Crippen molar-refractivity contribution >= 4 is 17.0 Å². The second-order valence-electron chi connectivity index (χ2n) is 7.11. The molecule has 0 saturated carbocycles. The van der Waals surface area contributed by atoms with Crippen molar-refractivity contribution in [1.82, 2.24) is 19.5 Å². The van der Waals surface area contributed by atoms with E-state index in [-0.39, 0.29) is 12.0 Å². The summed E-state index contributed by atoms with van der Waals surface area (Å²) < 4.78 is 1.90. The summed E-state index contributed by atoms with van der Waals surface area (Å²) in [5.74, 6) is 0.266. The predicted octanol–water partition coefficient (Wildman–Crippen LogP) is 3.07. The molecule has 132 valence electrons. The molecule has 4 rings (SSSR count). The molecule has 0 aliphatic carbocycles. The molecule has 4 heterocycles. The van der Waals surface area contributed by atoms with Crippen LogP contribution < -0.4 is 0 Å². The van der Waals surface area contributed by atoms with Gasteiger partial charge in [-0.3, -0.25) is 4.90 Å². The number of thiophene rings is 1. The van der Waals surface area contributed by atoms with Gasteiger partial charge in [0, 0.05) is 40.8 Å². The van der Waals surface area contributed by atoms with E-state index >= 15 is 0 Å². The number of aliphatic hydroxyl groups is 1. The zero-order valence-corrected chi connectivity index (χ0v) is 15.8. The van der Waals surface area contributed by atoms with Gasteiger partial charge in [0.15, 0.2) is 5.65 Å². The number of β-amino-alcohol motifs (C(OH)–C–C–N with tert-alkyl or cyclic N) is 1. The Morgan fingerprint density at radius 1 is 1.32 bits per heavy atom. The molecular weight excluding hydrogens is 332 g/mol. The molecule has 0 aromatic carbocycles. The SMILES string of the molecule is Cc1cc(C)n2ncc(CN3CC[C@H](c4sccc4C)[C@@H](O)C3)c2n1. The Morgan fingerprint density at radius 3 is 2.88 bits per heavy atom. The summed E-state index contributed by atoms with van der Waals surface area (Å²) in [6.45, 7) is 8.68. The van der Waals surface area contributed by atoms with Crippen LogP contribution >= 0.6 is 11.3 Å². The molecule has 1 saturated heterocycles. The van der Waals surface area contributed by atoms with Crippen LogP contribution in [-0.2, 0) is 6.54 Å². The highest BCUT2D eigenvalue weighted by molar-refractivity contribution is 7.10. The van der Waals surface area contributed by atoms with Crippen LogP contribution in [0, 0.1) is 20.8 Å². The van der Waals surface area contributed by atoms with Gasteiger partial charge < -0.3 is 5.11 Å². The highest BCUT2D eigenvalue weighted by Crippen LogP contribution is 2.34. The van der Waals surface area contributed by atoms with Crippen molar-refractivity contribution in [1.29, 1.82) is 0 Å². The molecule has 1 fully saturated rings. The van der Waals surface area contributed by atoms with Crippen LogP contribution in [0.3, 0.4) is 0 Å². The van der Waals surface area contributed by atoms with Gasteiger partial charge in [0.2, 0.25) is 0 Å². The first-order valence-electron chi connectivity index (χ1n) is 8.78. The van der Waals surface area contributed by atoms with E-state index in [0.29, 0.717) is 6.54 Å². The predicted molar refractivity (Wildman–Crippen MR) is 100 cm³/mol. The van der Waals surface area contributed by atoms with Crippen molar-refractivity contribution < 1.29 is 5.11 Å². The van der Waals surface area contributed by atoms with Gasteiger partial charge in [-0.15, -0.1) is 11.3 Å². The van der Waals surface area contributed by atoms with Crippen molar-refractivity contribution in [3.63, 3.8) is 0 Å². The summed E-state index contributed by atoms with van der Waals surface area (Å²) in [5, 5.41) is 17.3. The van der Waals surface area contributed by atoms with Crippen LogP contribution in [0.4, 0.5) is 0 Å². The fraction of sp³-hybridized carbons (Fsp3) is 0.474.